The summed E-state index contributed by atoms with van der Waals surface area (Å²) in [5.74, 6) is -0.805. The fourth-order valence-electron chi connectivity index (χ4n) is 2.38. The van der Waals surface area contributed by atoms with Crippen molar-refractivity contribution in [3.8, 4) is 0 Å². The van der Waals surface area contributed by atoms with Crippen molar-refractivity contribution in [1.82, 2.24) is 9.88 Å². The van der Waals surface area contributed by atoms with Crippen LogP contribution in [0.5, 0.6) is 0 Å². The van der Waals surface area contributed by atoms with Gasteiger partial charge < -0.3 is 10.3 Å². The summed E-state index contributed by atoms with van der Waals surface area (Å²) in [5.41, 5.74) is 1.96. The van der Waals surface area contributed by atoms with Crippen molar-refractivity contribution in [2.24, 2.45) is 0 Å². The lowest BCUT2D eigenvalue weighted by Crippen LogP contribution is -2.34. The number of hydrogen-bond donors (Lipinski definition) is 2. The molecule has 1 aromatic heterocycles. The molecule has 1 heterocycles. The first kappa shape index (κ1) is 16.9. The van der Waals surface area contributed by atoms with Crippen LogP contribution in [0.3, 0.4) is 0 Å². The van der Waals surface area contributed by atoms with E-state index in [1.54, 1.807) is 44.1 Å². The van der Waals surface area contributed by atoms with Crippen molar-refractivity contribution in [3.63, 3.8) is 0 Å². The van der Waals surface area contributed by atoms with E-state index in [9.17, 15) is 14.0 Å². The number of hydrogen-bond acceptors (Lipinski definition) is 3. The number of aryl methyl sites for hydroxylation is 2. The fraction of sp³-hybridized carbons (Fsp3) is 0.294. The van der Waals surface area contributed by atoms with E-state index in [2.05, 4.69) is 10.3 Å². The Morgan fingerprint density at radius 2 is 1.96 bits per heavy atom. The highest BCUT2D eigenvalue weighted by atomic mass is 19.1. The highest BCUT2D eigenvalue weighted by molar-refractivity contribution is 5.95. The van der Waals surface area contributed by atoms with Crippen LogP contribution in [0.25, 0.3) is 0 Å². The van der Waals surface area contributed by atoms with Gasteiger partial charge in [0, 0.05) is 5.69 Å². The number of carbonyl (C=O) groups is 1. The van der Waals surface area contributed by atoms with Crippen molar-refractivity contribution in [1.29, 1.82) is 0 Å². The summed E-state index contributed by atoms with van der Waals surface area (Å²) in [4.78, 5) is 28.9. The third-order valence-corrected chi connectivity index (χ3v) is 3.69. The van der Waals surface area contributed by atoms with Gasteiger partial charge in [-0.25, -0.2) is 4.39 Å². The number of pyridine rings is 1. The molecule has 1 unspecified atom stereocenters. The number of nitrogens with zero attached hydrogens (tertiary/aromatic N) is 1. The van der Waals surface area contributed by atoms with Crippen molar-refractivity contribution in [2.75, 3.05) is 19.4 Å². The van der Waals surface area contributed by atoms with Crippen LogP contribution in [0.15, 0.2) is 35.1 Å². The maximum absolute atomic E-state index is 13.4. The molecule has 2 rings (SSSR count). The third-order valence-electron chi connectivity index (χ3n) is 3.69. The molecule has 0 spiro atoms. The second-order valence-corrected chi connectivity index (χ2v) is 5.73. The molecule has 6 heteroatoms. The third kappa shape index (κ3) is 3.84. The molecule has 0 aliphatic heterocycles. The van der Waals surface area contributed by atoms with Gasteiger partial charge in [0.25, 0.3) is 5.56 Å². The number of anilines is 1. The molecule has 2 N–H and O–H groups in total. The molecule has 5 nitrogen and oxygen atoms in total. The van der Waals surface area contributed by atoms with Crippen LogP contribution in [0.1, 0.15) is 22.9 Å². The number of aromatic nitrogens is 1. The summed E-state index contributed by atoms with van der Waals surface area (Å²) in [5, 5.41) is 2.63. The lowest BCUT2D eigenvalue weighted by atomic mass is 10.0. The lowest BCUT2D eigenvalue weighted by molar-refractivity contribution is -0.120. The highest BCUT2D eigenvalue weighted by Crippen LogP contribution is 2.21. The van der Waals surface area contributed by atoms with Crippen LogP contribution < -0.4 is 10.9 Å². The van der Waals surface area contributed by atoms with E-state index in [1.807, 2.05) is 6.92 Å². The molecule has 0 saturated carbocycles. The Kier molecular flexibility index (Phi) is 4.95. The first-order valence-corrected chi connectivity index (χ1v) is 7.23. The van der Waals surface area contributed by atoms with E-state index in [1.165, 1.54) is 12.1 Å². The Labute approximate surface area is 134 Å². The number of likely N-dealkylation sites (N-methyl/N-ethyl adjacent to an activating group) is 1. The summed E-state index contributed by atoms with van der Waals surface area (Å²) >= 11 is 0. The molecule has 1 atom stereocenters. The predicted molar refractivity (Wildman–Crippen MR) is 88.0 cm³/mol. The lowest BCUT2D eigenvalue weighted by Gasteiger charge is -2.23. The topological polar surface area (TPSA) is 65.2 Å². The van der Waals surface area contributed by atoms with Gasteiger partial charge in [0.1, 0.15) is 17.5 Å². The Morgan fingerprint density at radius 3 is 2.57 bits per heavy atom. The second kappa shape index (κ2) is 6.75. The minimum Gasteiger partial charge on any atom is -0.324 e. The molecule has 0 aliphatic carbocycles. The van der Waals surface area contributed by atoms with E-state index >= 15 is 0 Å². The normalized spacial score (nSPS) is 12.3. The van der Waals surface area contributed by atoms with Gasteiger partial charge in [-0.2, -0.15) is 0 Å². The summed E-state index contributed by atoms with van der Waals surface area (Å²) < 4.78 is 13.4. The summed E-state index contributed by atoms with van der Waals surface area (Å²) in [6.45, 7) is 3.63. The molecule has 122 valence electrons. The Bertz CT molecular complexity index is 784. The molecule has 0 saturated heterocycles. The fourth-order valence-corrected chi connectivity index (χ4v) is 2.38. The van der Waals surface area contributed by atoms with Gasteiger partial charge in [-0.15, -0.1) is 0 Å². The number of carbonyl (C=O) groups excluding carboxylic acids is 1. The molecular weight excluding hydrogens is 297 g/mol. The molecule has 0 bridgehead atoms. The van der Waals surface area contributed by atoms with E-state index in [-0.39, 0.29) is 11.2 Å². The van der Waals surface area contributed by atoms with E-state index in [4.69, 9.17) is 0 Å². The first-order valence-electron chi connectivity index (χ1n) is 7.23. The van der Waals surface area contributed by atoms with Crippen LogP contribution in [0.4, 0.5) is 10.1 Å². The number of halogens is 1. The summed E-state index contributed by atoms with van der Waals surface area (Å²) in [7, 11) is 3.44. The zero-order valence-electron chi connectivity index (χ0n) is 13.6. The van der Waals surface area contributed by atoms with Crippen LogP contribution in [-0.2, 0) is 4.79 Å². The SMILES string of the molecule is Cc1cc(NC(=O)C(c2cccc(F)c2)N(C)C)c(=O)[nH]c1C. The molecule has 0 aliphatic rings. The second-order valence-electron chi connectivity index (χ2n) is 5.73. The average Bonchev–Trinajstić information content (AvgIpc) is 2.44. The van der Waals surface area contributed by atoms with Crippen molar-refractivity contribution < 1.29 is 9.18 Å². The minimum atomic E-state index is -0.702. The van der Waals surface area contributed by atoms with Gasteiger partial charge >= 0.3 is 0 Å². The molecule has 2 aromatic rings. The van der Waals surface area contributed by atoms with Gasteiger partial charge in [0.05, 0.1) is 0 Å². The minimum absolute atomic E-state index is 0.182. The zero-order chi connectivity index (χ0) is 17.1. The highest BCUT2D eigenvalue weighted by Gasteiger charge is 2.24. The van der Waals surface area contributed by atoms with Crippen LogP contribution in [0, 0.1) is 19.7 Å². The average molecular weight is 317 g/mol. The number of H-pyrrole nitrogens is 1. The van der Waals surface area contributed by atoms with Gasteiger partial charge in [-0.1, -0.05) is 12.1 Å². The molecule has 0 radical (unpaired) electrons. The van der Waals surface area contributed by atoms with E-state index < -0.39 is 17.8 Å². The smallest absolute Gasteiger partial charge is 0.271 e. The maximum Gasteiger partial charge on any atom is 0.271 e. The zero-order valence-corrected chi connectivity index (χ0v) is 13.6. The van der Waals surface area contributed by atoms with Gasteiger partial charge in [0.15, 0.2) is 0 Å². The number of rotatable bonds is 4. The number of nitrogens with one attached hydrogen (secondary N) is 2. The molecule has 23 heavy (non-hydrogen) atoms. The monoisotopic (exact) mass is 317 g/mol. The van der Waals surface area contributed by atoms with Crippen molar-refractivity contribution >= 4 is 11.6 Å². The molecule has 1 amide bonds. The van der Waals surface area contributed by atoms with Gasteiger partial charge in [0.2, 0.25) is 5.91 Å². The predicted octanol–water partition coefficient (Wildman–Crippen LogP) is 2.37. The van der Waals surface area contributed by atoms with E-state index in [0.717, 1.165) is 11.3 Å². The number of aromatic amines is 1. The first-order chi connectivity index (χ1) is 10.8. The Morgan fingerprint density at radius 1 is 1.26 bits per heavy atom. The van der Waals surface area contributed by atoms with Crippen LogP contribution >= 0.6 is 0 Å². The summed E-state index contributed by atoms with van der Waals surface area (Å²) in [6.07, 6.45) is 0. The summed E-state index contributed by atoms with van der Waals surface area (Å²) in [6, 6.07) is 6.79. The van der Waals surface area contributed by atoms with Crippen molar-refractivity contribution in [3.05, 3.63) is 63.3 Å². The largest absolute Gasteiger partial charge is 0.324 e. The Balaban J connectivity index is 2.33. The van der Waals surface area contributed by atoms with Gasteiger partial charge in [-0.05, 0) is 57.3 Å². The quantitative estimate of drug-likeness (QED) is 0.910. The molecule has 1 aromatic carbocycles. The Hall–Kier alpha value is -2.47. The maximum atomic E-state index is 13.4. The molecule has 0 fully saturated rings. The van der Waals surface area contributed by atoms with E-state index in [0.29, 0.717) is 5.56 Å². The number of benzene rings is 1. The molecular formula is C17H20FN3O2. The van der Waals surface area contributed by atoms with Crippen LogP contribution in [0.2, 0.25) is 0 Å². The number of amides is 1. The van der Waals surface area contributed by atoms with Gasteiger partial charge in [-0.3, -0.25) is 14.5 Å². The standard InChI is InChI=1S/C17H20FN3O2/c1-10-8-14(16(22)19-11(10)2)20-17(23)15(21(3)4)12-6-5-7-13(18)9-12/h5-9,15H,1-4H3,(H,19,22)(H,20,23). The van der Waals surface area contributed by atoms with Crippen molar-refractivity contribution in [2.45, 2.75) is 19.9 Å². The van der Waals surface area contributed by atoms with Crippen LogP contribution in [-0.4, -0.2) is 29.9 Å².